The van der Waals surface area contributed by atoms with Gasteiger partial charge in [0.05, 0.1) is 0 Å². The van der Waals surface area contributed by atoms with Crippen LogP contribution in [0.5, 0.6) is 0 Å². The SMILES string of the molecule is C#C[C@@](F)([C@H](O)[C@@](F)(COP(=O)(O)OP(=O)(O)OP(=O)(O)O)OC)n1ccc(=O)[nH]c1=O. The lowest BCUT2D eigenvalue weighted by molar-refractivity contribution is -0.247. The number of aromatic nitrogens is 2. The molecule has 1 rings (SSSR count). The van der Waals surface area contributed by atoms with Gasteiger partial charge in [-0.1, -0.05) is 0 Å². The van der Waals surface area contributed by atoms with E-state index in [-0.39, 0.29) is 4.57 Å². The minimum atomic E-state index is -5.96. The summed E-state index contributed by atoms with van der Waals surface area (Å²) >= 11 is 0. The summed E-state index contributed by atoms with van der Waals surface area (Å²) in [7, 11) is -17.1. The second-order valence-corrected chi connectivity index (χ2v) is 9.98. The third kappa shape index (κ3) is 7.22. The summed E-state index contributed by atoms with van der Waals surface area (Å²) in [6.07, 6.45) is 2.16. The Hall–Kier alpha value is -1.57. The van der Waals surface area contributed by atoms with Gasteiger partial charge in [0.1, 0.15) is 6.61 Å². The Kier molecular flexibility index (Phi) is 8.66. The molecule has 32 heavy (non-hydrogen) atoms. The summed E-state index contributed by atoms with van der Waals surface area (Å²) in [4.78, 5) is 59.7. The number of halogens is 2. The minimum absolute atomic E-state index is 0.128. The van der Waals surface area contributed by atoms with Crippen LogP contribution < -0.4 is 11.2 Å². The molecule has 0 fully saturated rings. The monoisotopic (exact) mass is 530 g/mol. The van der Waals surface area contributed by atoms with Gasteiger partial charge in [0.25, 0.3) is 17.2 Å². The summed E-state index contributed by atoms with van der Waals surface area (Å²) in [5.74, 6) is -6.42. The molecule has 0 aliphatic rings. The van der Waals surface area contributed by atoms with Gasteiger partial charge in [0.2, 0.25) is 0 Å². The third-order valence-electron chi connectivity index (χ3n) is 3.33. The number of nitrogens with one attached hydrogen (secondary N) is 1. The molecule has 1 heterocycles. The topological polar surface area (TPSA) is 244 Å². The van der Waals surface area contributed by atoms with Gasteiger partial charge in [-0.25, -0.2) is 27.3 Å². The highest BCUT2D eigenvalue weighted by Gasteiger charge is 2.55. The molecule has 0 saturated heterocycles. The zero-order valence-corrected chi connectivity index (χ0v) is 18.2. The summed E-state index contributed by atoms with van der Waals surface area (Å²) in [6.45, 7) is -1.97. The highest BCUT2D eigenvalue weighted by atomic mass is 31.3. The number of aromatic amines is 1. The zero-order chi connectivity index (χ0) is 25.2. The van der Waals surface area contributed by atoms with E-state index in [4.69, 9.17) is 21.1 Å². The fraction of sp³-hybridized carbons (Fsp3) is 0.455. The number of aliphatic hydroxyl groups is 1. The zero-order valence-electron chi connectivity index (χ0n) is 15.5. The number of hydrogen-bond donors (Lipinski definition) is 6. The first kappa shape index (κ1) is 28.5. The Morgan fingerprint density at radius 3 is 2.19 bits per heavy atom. The Morgan fingerprint density at radius 1 is 1.19 bits per heavy atom. The van der Waals surface area contributed by atoms with Crippen molar-refractivity contribution < 1.29 is 65.0 Å². The summed E-state index contributed by atoms with van der Waals surface area (Å²) in [5, 5.41) is 10.1. The Morgan fingerprint density at radius 2 is 1.75 bits per heavy atom. The molecule has 0 radical (unpaired) electrons. The number of ether oxygens (including phenoxy) is 1. The molecular formula is C11H15F2N2O14P3. The molecule has 1 aromatic rings. The second-order valence-electron chi connectivity index (χ2n) is 5.56. The van der Waals surface area contributed by atoms with Crippen LogP contribution in [0.15, 0.2) is 21.9 Å². The Labute approximate surface area is 175 Å². The van der Waals surface area contributed by atoms with Crippen LogP contribution in [-0.2, 0) is 37.4 Å². The summed E-state index contributed by atoms with van der Waals surface area (Å²) in [6, 6.07) is 0.582. The first-order valence-electron chi connectivity index (χ1n) is 7.50. The number of nitrogens with zero attached hydrogens (tertiary/aromatic N) is 1. The average Bonchev–Trinajstić information content (AvgIpc) is 2.62. The predicted octanol–water partition coefficient (Wildman–Crippen LogP) is -1.19. The van der Waals surface area contributed by atoms with Crippen LogP contribution in [0.25, 0.3) is 0 Å². The van der Waals surface area contributed by atoms with E-state index in [9.17, 15) is 33.3 Å². The number of hydrogen-bond acceptors (Lipinski definition) is 10. The Balaban J connectivity index is 3.19. The summed E-state index contributed by atoms with van der Waals surface area (Å²) in [5.41, 5.74) is -2.55. The molecule has 2 unspecified atom stereocenters. The molecule has 5 atom stereocenters. The maximum absolute atomic E-state index is 15.2. The number of phosphoric acid groups is 3. The number of rotatable bonds is 11. The van der Waals surface area contributed by atoms with E-state index < -0.39 is 59.1 Å². The van der Waals surface area contributed by atoms with E-state index in [0.29, 0.717) is 19.4 Å². The van der Waals surface area contributed by atoms with Crippen molar-refractivity contribution >= 4 is 23.5 Å². The van der Waals surface area contributed by atoms with Crippen molar-refractivity contribution in [2.75, 3.05) is 13.7 Å². The van der Waals surface area contributed by atoms with Gasteiger partial charge in [0, 0.05) is 19.4 Å². The molecule has 0 saturated carbocycles. The van der Waals surface area contributed by atoms with Crippen LogP contribution in [0.2, 0.25) is 0 Å². The van der Waals surface area contributed by atoms with E-state index in [1.165, 1.54) is 5.92 Å². The standard InChI is InChI=1S/C11H15F2N2O14P3/c1-3-10(12,15-5-4-7(16)14-9(15)18)8(17)11(13,26-2)6-27-31(22,23)29-32(24,25)28-30(19,20)21/h1,4-5,8,17H,6H2,2H3,(H,22,23)(H,24,25)(H,14,16,18)(H2,19,20,21)/t8-,10-,11+/m0/s1. The average molecular weight is 530 g/mol. The second kappa shape index (κ2) is 9.74. The lowest BCUT2D eigenvalue weighted by Gasteiger charge is -2.35. The van der Waals surface area contributed by atoms with Gasteiger partial charge in [-0.05, 0) is 5.92 Å². The van der Waals surface area contributed by atoms with Crippen LogP contribution in [0, 0.1) is 12.3 Å². The van der Waals surface area contributed by atoms with Crippen molar-refractivity contribution in [2.45, 2.75) is 17.8 Å². The molecular weight excluding hydrogens is 515 g/mol. The lowest BCUT2D eigenvalue weighted by atomic mass is 10.0. The van der Waals surface area contributed by atoms with E-state index in [2.05, 4.69) is 17.9 Å². The van der Waals surface area contributed by atoms with Gasteiger partial charge >= 0.3 is 29.2 Å². The molecule has 182 valence electrons. The van der Waals surface area contributed by atoms with Crippen LogP contribution in [-0.4, -0.2) is 59.9 Å². The quantitative estimate of drug-likeness (QED) is 0.146. The van der Waals surface area contributed by atoms with Gasteiger partial charge in [0.15, 0.2) is 6.10 Å². The highest BCUT2D eigenvalue weighted by molar-refractivity contribution is 7.66. The molecule has 16 nitrogen and oxygen atoms in total. The molecule has 0 amide bonds. The van der Waals surface area contributed by atoms with E-state index in [0.717, 1.165) is 0 Å². The van der Waals surface area contributed by atoms with Crippen molar-refractivity contribution in [1.29, 1.82) is 0 Å². The largest absolute Gasteiger partial charge is 0.490 e. The molecule has 0 aromatic carbocycles. The molecule has 0 spiro atoms. The number of phosphoric ester groups is 1. The van der Waals surface area contributed by atoms with Crippen LogP contribution >= 0.6 is 23.5 Å². The number of alkyl halides is 2. The van der Waals surface area contributed by atoms with Gasteiger partial charge < -0.3 is 29.4 Å². The van der Waals surface area contributed by atoms with E-state index in [1.807, 2.05) is 0 Å². The molecule has 6 N–H and O–H groups in total. The maximum atomic E-state index is 15.2. The van der Waals surface area contributed by atoms with Gasteiger partial charge in [-0.2, -0.15) is 8.62 Å². The lowest BCUT2D eigenvalue weighted by Crippen LogP contribution is -2.58. The molecule has 1 aromatic heterocycles. The number of aliphatic hydroxyl groups excluding tert-OH is 1. The molecule has 0 aliphatic heterocycles. The van der Waals surface area contributed by atoms with Crippen molar-refractivity contribution in [3.05, 3.63) is 33.1 Å². The van der Waals surface area contributed by atoms with E-state index >= 15 is 8.78 Å². The first-order chi connectivity index (χ1) is 14.3. The summed E-state index contributed by atoms with van der Waals surface area (Å²) < 4.78 is 78.6. The van der Waals surface area contributed by atoms with Crippen LogP contribution in [0.1, 0.15) is 0 Å². The fourth-order valence-electron chi connectivity index (χ4n) is 1.96. The molecule has 21 heteroatoms. The van der Waals surface area contributed by atoms with Crippen molar-refractivity contribution in [1.82, 2.24) is 9.55 Å². The van der Waals surface area contributed by atoms with Crippen molar-refractivity contribution in [3.63, 3.8) is 0 Å². The van der Waals surface area contributed by atoms with Gasteiger partial charge in [-0.3, -0.25) is 18.9 Å². The third-order valence-corrected chi connectivity index (χ3v) is 7.11. The van der Waals surface area contributed by atoms with Crippen LogP contribution in [0.3, 0.4) is 0 Å². The van der Waals surface area contributed by atoms with E-state index in [1.54, 1.807) is 4.98 Å². The van der Waals surface area contributed by atoms with Crippen molar-refractivity contribution in [3.8, 4) is 12.3 Å². The molecule has 0 bridgehead atoms. The minimum Gasteiger partial charge on any atom is -0.381 e. The Bertz CT molecular complexity index is 1140. The number of terminal acetylenes is 1. The maximum Gasteiger partial charge on any atom is 0.490 e. The van der Waals surface area contributed by atoms with Gasteiger partial charge in [-0.15, -0.1) is 6.42 Å². The van der Waals surface area contributed by atoms with Crippen molar-refractivity contribution in [2.24, 2.45) is 0 Å². The van der Waals surface area contributed by atoms with Crippen LogP contribution in [0.4, 0.5) is 8.78 Å². The number of H-pyrrole nitrogens is 1. The first-order valence-corrected chi connectivity index (χ1v) is 12.0. The fourth-order valence-corrected chi connectivity index (χ4v) is 5.00. The highest BCUT2D eigenvalue weighted by Crippen LogP contribution is 2.66. The number of methoxy groups -OCH3 is 1. The molecule has 0 aliphatic carbocycles. The normalized spacial score (nSPS) is 20.7. The smallest absolute Gasteiger partial charge is 0.381 e. The predicted molar refractivity (Wildman–Crippen MR) is 95.9 cm³/mol.